The van der Waals surface area contributed by atoms with Crippen LogP contribution < -0.4 is 4.90 Å². The van der Waals surface area contributed by atoms with Crippen molar-refractivity contribution in [3.63, 3.8) is 0 Å². The minimum Gasteiger partial charge on any atom is -0.478 e. The predicted octanol–water partition coefficient (Wildman–Crippen LogP) is 5.74. The second kappa shape index (κ2) is 10.6. The van der Waals surface area contributed by atoms with Crippen molar-refractivity contribution < 1.29 is 32.6 Å². The second-order valence-corrected chi connectivity index (χ2v) is 12.3. The van der Waals surface area contributed by atoms with Gasteiger partial charge in [0.15, 0.2) is 10.9 Å². The molecular formula is C28H34F3N3O4S. The third kappa shape index (κ3) is 5.50. The zero-order chi connectivity index (χ0) is 27.3. The van der Waals surface area contributed by atoms with Crippen LogP contribution in [0.4, 0.5) is 18.3 Å². The standard InChI is InChI=1S/C28H34F3N3O4S/c1-33-24(19-4-2-3-5-21(19)28(29,30)31)20(25(38-33)16-6-7-16)15-37-18-10-12-34(13-11-18)27-32-22-9-8-17(26(35)36)14-23(22)39-27/h6,14,18-19,21,24H,2-5,7-13,15H2,1H3,(H,35,36). The maximum Gasteiger partial charge on any atom is 0.392 e. The Bertz CT molecular complexity index is 1220. The number of carbonyl (C=O) groups is 1. The molecule has 2 aliphatic heterocycles. The van der Waals surface area contributed by atoms with Crippen LogP contribution in [0.1, 0.15) is 61.9 Å². The SMILES string of the molecule is CN1OC(C2=CC2)=C(COC2CCN(c3nc4c(s3)C=C(C(=O)O)CC4)CC2)C1C1CCCCC1C(F)(F)F. The lowest BCUT2D eigenvalue weighted by atomic mass is 9.73. The minimum atomic E-state index is -4.22. The van der Waals surface area contributed by atoms with E-state index in [2.05, 4.69) is 4.90 Å². The smallest absolute Gasteiger partial charge is 0.392 e. The molecule has 0 radical (unpaired) electrons. The molecule has 0 bridgehead atoms. The van der Waals surface area contributed by atoms with Crippen molar-refractivity contribution in [3.05, 3.63) is 39.1 Å². The normalized spacial score (nSPS) is 28.2. The van der Waals surface area contributed by atoms with Gasteiger partial charge in [-0.15, -0.1) is 5.06 Å². The fourth-order valence-corrected chi connectivity index (χ4v) is 7.72. The summed E-state index contributed by atoms with van der Waals surface area (Å²) < 4.78 is 48.4. The Morgan fingerprint density at radius 3 is 2.64 bits per heavy atom. The van der Waals surface area contributed by atoms with Gasteiger partial charge in [-0.3, -0.25) is 0 Å². The summed E-state index contributed by atoms with van der Waals surface area (Å²) in [6, 6.07) is -0.432. The molecule has 3 aliphatic carbocycles. The number of allylic oxidation sites excluding steroid dienone is 2. The average molecular weight is 566 g/mol. The maximum atomic E-state index is 14.0. The van der Waals surface area contributed by atoms with E-state index in [-0.39, 0.29) is 19.1 Å². The quantitative estimate of drug-likeness (QED) is 0.452. The Balaban J connectivity index is 1.11. The fourth-order valence-electron chi connectivity index (χ4n) is 6.59. The first-order valence-corrected chi connectivity index (χ1v) is 14.7. The number of aryl methyl sites for hydroxylation is 1. The lowest BCUT2D eigenvalue weighted by molar-refractivity contribution is -0.211. The summed E-state index contributed by atoms with van der Waals surface area (Å²) in [4.78, 5) is 25.3. The molecule has 212 valence electrons. The molecule has 1 aromatic heterocycles. The van der Waals surface area contributed by atoms with Gasteiger partial charge in [0, 0.05) is 31.3 Å². The van der Waals surface area contributed by atoms with E-state index >= 15 is 0 Å². The number of carboxylic acid groups (broad SMARTS) is 1. The van der Waals surface area contributed by atoms with Gasteiger partial charge in [0.25, 0.3) is 0 Å². The number of aromatic nitrogens is 1. The van der Waals surface area contributed by atoms with Gasteiger partial charge >= 0.3 is 12.1 Å². The number of anilines is 1. The van der Waals surface area contributed by atoms with Crippen molar-refractivity contribution in [2.24, 2.45) is 11.8 Å². The number of hydrogen-bond acceptors (Lipinski definition) is 7. The summed E-state index contributed by atoms with van der Waals surface area (Å²) >= 11 is 1.53. The minimum absolute atomic E-state index is 0.00704. The van der Waals surface area contributed by atoms with Crippen LogP contribution in [-0.4, -0.2) is 66.2 Å². The third-order valence-electron chi connectivity index (χ3n) is 8.74. The van der Waals surface area contributed by atoms with Crippen molar-refractivity contribution in [2.75, 3.05) is 31.6 Å². The van der Waals surface area contributed by atoms with Gasteiger partial charge < -0.3 is 19.6 Å². The molecule has 6 rings (SSSR count). The molecule has 3 heterocycles. The summed E-state index contributed by atoms with van der Waals surface area (Å²) in [5, 5.41) is 11.9. The molecule has 3 unspecified atom stereocenters. The van der Waals surface area contributed by atoms with Crippen molar-refractivity contribution in [2.45, 2.75) is 76.1 Å². The van der Waals surface area contributed by atoms with E-state index < -0.39 is 30.0 Å². The number of aliphatic carboxylic acids is 1. The number of hydroxylamine groups is 2. The molecule has 1 saturated carbocycles. The number of likely N-dealkylation sites (N-methyl/N-ethyl adjacent to an activating group) is 1. The average Bonchev–Trinajstić information content (AvgIpc) is 3.58. The number of thiazole rings is 1. The summed E-state index contributed by atoms with van der Waals surface area (Å²) in [5.41, 5.74) is 3.31. The van der Waals surface area contributed by atoms with Crippen LogP contribution in [0.2, 0.25) is 0 Å². The Kier molecular flexibility index (Phi) is 7.26. The molecule has 0 aromatic carbocycles. The first kappa shape index (κ1) is 26.8. The highest BCUT2D eigenvalue weighted by atomic mass is 32.1. The third-order valence-corrected chi connectivity index (χ3v) is 9.84. The van der Waals surface area contributed by atoms with Gasteiger partial charge in [-0.25, -0.2) is 9.78 Å². The highest BCUT2D eigenvalue weighted by Crippen LogP contribution is 2.49. The highest BCUT2D eigenvalue weighted by Gasteiger charge is 2.52. The first-order valence-electron chi connectivity index (χ1n) is 13.9. The molecule has 3 atom stereocenters. The molecule has 1 aromatic rings. The number of carboxylic acids is 1. The van der Waals surface area contributed by atoms with Crippen molar-refractivity contribution in [1.29, 1.82) is 0 Å². The topological polar surface area (TPSA) is 75.1 Å². The predicted molar refractivity (Wildman–Crippen MR) is 141 cm³/mol. The zero-order valence-corrected chi connectivity index (χ0v) is 22.8. The van der Waals surface area contributed by atoms with E-state index in [0.717, 1.165) is 65.6 Å². The Morgan fingerprint density at radius 2 is 1.95 bits per heavy atom. The first-order chi connectivity index (χ1) is 18.7. The van der Waals surface area contributed by atoms with Crippen LogP contribution in [0.3, 0.4) is 0 Å². The van der Waals surface area contributed by atoms with E-state index in [1.807, 2.05) is 6.08 Å². The Morgan fingerprint density at radius 1 is 1.21 bits per heavy atom. The van der Waals surface area contributed by atoms with E-state index in [9.17, 15) is 23.1 Å². The number of halogens is 3. The lowest BCUT2D eigenvalue weighted by Gasteiger charge is -2.39. The molecular weight excluding hydrogens is 531 g/mol. The second-order valence-electron chi connectivity index (χ2n) is 11.2. The number of piperidine rings is 1. The van der Waals surface area contributed by atoms with Gasteiger partial charge in [0.1, 0.15) is 0 Å². The molecule has 5 aliphatic rings. The zero-order valence-electron chi connectivity index (χ0n) is 22.0. The van der Waals surface area contributed by atoms with E-state index in [4.69, 9.17) is 14.6 Å². The molecule has 1 N–H and O–H groups in total. The summed E-state index contributed by atoms with van der Waals surface area (Å²) in [6.45, 7) is 1.81. The van der Waals surface area contributed by atoms with Crippen LogP contribution >= 0.6 is 11.3 Å². The van der Waals surface area contributed by atoms with Gasteiger partial charge in [0.2, 0.25) is 0 Å². The van der Waals surface area contributed by atoms with Crippen LogP contribution in [0, 0.1) is 11.8 Å². The number of alkyl halides is 3. The van der Waals surface area contributed by atoms with Gasteiger partial charge in [-0.2, -0.15) is 13.2 Å². The summed E-state index contributed by atoms with van der Waals surface area (Å²) in [6.07, 6.45) is 5.26. The van der Waals surface area contributed by atoms with Crippen LogP contribution in [0.15, 0.2) is 28.6 Å². The number of hydrogen-bond donors (Lipinski definition) is 1. The molecule has 11 heteroatoms. The summed E-state index contributed by atoms with van der Waals surface area (Å²) in [7, 11) is 1.75. The Hall–Kier alpha value is -2.37. The van der Waals surface area contributed by atoms with Crippen LogP contribution in [0.5, 0.6) is 0 Å². The molecule has 39 heavy (non-hydrogen) atoms. The number of nitrogens with zero attached hydrogens (tertiary/aromatic N) is 3. The number of ether oxygens (including phenoxy) is 1. The van der Waals surface area contributed by atoms with Gasteiger partial charge in [-0.1, -0.05) is 30.3 Å². The number of fused-ring (bicyclic) bond motifs is 1. The van der Waals surface area contributed by atoms with Gasteiger partial charge in [0.05, 0.1) is 35.2 Å². The fraction of sp³-hybridized carbons (Fsp3) is 0.643. The van der Waals surface area contributed by atoms with Crippen molar-refractivity contribution in [3.8, 4) is 0 Å². The molecule has 0 amide bonds. The molecule has 7 nitrogen and oxygen atoms in total. The molecule has 0 spiro atoms. The number of rotatable bonds is 7. The van der Waals surface area contributed by atoms with E-state index in [1.54, 1.807) is 18.2 Å². The van der Waals surface area contributed by atoms with Crippen molar-refractivity contribution >= 4 is 28.5 Å². The lowest BCUT2D eigenvalue weighted by Crippen LogP contribution is -2.45. The summed E-state index contributed by atoms with van der Waals surface area (Å²) in [5.74, 6) is -2.01. The monoisotopic (exact) mass is 565 g/mol. The Labute approximate surface area is 229 Å². The molecule has 2 fully saturated rings. The molecule has 1 saturated heterocycles. The van der Waals surface area contributed by atoms with E-state index in [1.165, 1.54) is 11.3 Å². The van der Waals surface area contributed by atoms with Crippen molar-refractivity contribution in [1.82, 2.24) is 10.0 Å². The van der Waals surface area contributed by atoms with Crippen LogP contribution in [0.25, 0.3) is 6.08 Å². The van der Waals surface area contributed by atoms with Crippen LogP contribution in [-0.2, 0) is 20.8 Å². The highest BCUT2D eigenvalue weighted by molar-refractivity contribution is 7.16. The largest absolute Gasteiger partial charge is 0.478 e. The maximum absolute atomic E-state index is 14.0. The van der Waals surface area contributed by atoms with E-state index in [0.29, 0.717) is 37.0 Å². The van der Waals surface area contributed by atoms with Gasteiger partial charge in [-0.05, 0) is 62.5 Å².